The zero-order valence-electron chi connectivity index (χ0n) is 13.3. The van der Waals surface area contributed by atoms with E-state index in [-0.39, 0.29) is 12.6 Å². The van der Waals surface area contributed by atoms with E-state index in [4.69, 9.17) is 5.73 Å². The Labute approximate surface area is 135 Å². The van der Waals surface area contributed by atoms with Gasteiger partial charge in [0.15, 0.2) is 0 Å². The van der Waals surface area contributed by atoms with Gasteiger partial charge in [-0.3, -0.25) is 4.79 Å². The Hall–Kier alpha value is -2.12. The van der Waals surface area contributed by atoms with Crippen molar-refractivity contribution >= 4 is 11.9 Å². The molecule has 1 saturated heterocycles. The van der Waals surface area contributed by atoms with Gasteiger partial charge < -0.3 is 26.4 Å². The molecule has 7 heteroatoms. The predicted octanol–water partition coefficient (Wildman–Crippen LogP) is 0.0414. The largest absolute Gasteiger partial charge is 0.388 e. The first kappa shape index (κ1) is 17.2. The lowest BCUT2D eigenvalue weighted by molar-refractivity contribution is -0.0122. The summed E-state index contributed by atoms with van der Waals surface area (Å²) in [5.41, 5.74) is 5.64. The van der Waals surface area contributed by atoms with E-state index in [9.17, 15) is 14.7 Å². The van der Waals surface area contributed by atoms with Crippen LogP contribution in [-0.4, -0.2) is 54.2 Å². The van der Waals surface area contributed by atoms with Crippen molar-refractivity contribution in [1.82, 2.24) is 15.5 Å². The predicted molar refractivity (Wildman–Crippen MR) is 86.9 cm³/mol. The Morgan fingerprint density at radius 2 is 1.83 bits per heavy atom. The zero-order chi connectivity index (χ0) is 16.9. The standard InChI is InChI=1S/C16H24N4O3/c1-20-8-6-16(23,7-9-20)11-19-15(22)18-10-12-2-4-13(5-3-12)14(17)21/h2-5,23H,6-11H2,1H3,(H2,17,21)(H2,18,19,22). The summed E-state index contributed by atoms with van der Waals surface area (Å²) in [4.78, 5) is 25.0. The first-order chi connectivity index (χ1) is 10.9. The average Bonchev–Trinajstić information content (AvgIpc) is 2.54. The fraction of sp³-hybridized carbons (Fsp3) is 0.500. The molecule has 126 valence electrons. The molecule has 1 aliphatic heterocycles. The highest BCUT2D eigenvalue weighted by atomic mass is 16.3. The highest BCUT2D eigenvalue weighted by molar-refractivity contribution is 5.92. The Morgan fingerprint density at radius 1 is 1.22 bits per heavy atom. The number of piperidine rings is 1. The van der Waals surface area contributed by atoms with Crippen LogP contribution in [0.4, 0.5) is 4.79 Å². The molecular weight excluding hydrogens is 296 g/mol. The molecule has 23 heavy (non-hydrogen) atoms. The molecule has 0 aromatic heterocycles. The monoisotopic (exact) mass is 320 g/mol. The number of urea groups is 1. The van der Waals surface area contributed by atoms with Crippen molar-refractivity contribution in [3.63, 3.8) is 0 Å². The summed E-state index contributed by atoms with van der Waals surface area (Å²) in [6.45, 7) is 2.23. The van der Waals surface area contributed by atoms with E-state index in [0.717, 1.165) is 18.7 Å². The number of rotatable bonds is 5. The summed E-state index contributed by atoms with van der Waals surface area (Å²) >= 11 is 0. The maximum atomic E-state index is 11.8. The second kappa shape index (κ2) is 7.43. The van der Waals surface area contributed by atoms with Crippen molar-refractivity contribution in [2.45, 2.75) is 25.0 Å². The summed E-state index contributed by atoms with van der Waals surface area (Å²) in [6.07, 6.45) is 1.30. The number of hydrogen-bond acceptors (Lipinski definition) is 4. The van der Waals surface area contributed by atoms with Gasteiger partial charge in [0, 0.05) is 31.7 Å². The number of nitrogens with two attached hydrogens (primary N) is 1. The third-order valence-electron chi connectivity index (χ3n) is 4.19. The molecule has 0 radical (unpaired) electrons. The molecule has 1 fully saturated rings. The van der Waals surface area contributed by atoms with Crippen LogP contribution >= 0.6 is 0 Å². The van der Waals surface area contributed by atoms with Gasteiger partial charge in [-0.25, -0.2) is 4.79 Å². The van der Waals surface area contributed by atoms with E-state index < -0.39 is 11.5 Å². The van der Waals surface area contributed by atoms with Gasteiger partial charge in [0.2, 0.25) is 5.91 Å². The molecule has 0 aliphatic carbocycles. The topological polar surface area (TPSA) is 108 Å². The molecule has 7 nitrogen and oxygen atoms in total. The van der Waals surface area contributed by atoms with E-state index >= 15 is 0 Å². The third-order valence-corrected chi connectivity index (χ3v) is 4.19. The van der Waals surface area contributed by atoms with Crippen LogP contribution in [0.5, 0.6) is 0 Å². The fourth-order valence-corrected chi connectivity index (χ4v) is 2.49. The number of primary amides is 1. The second-order valence-electron chi connectivity index (χ2n) is 6.13. The van der Waals surface area contributed by atoms with Crippen LogP contribution in [0.2, 0.25) is 0 Å². The SMILES string of the molecule is CN1CCC(O)(CNC(=O)NCc2ccc(C(N)=O)cc2)CC1. The van der Waals surface area contributed by atoms with Crippen molar-refractivity contribution in [1.29, 1.82) is 0 Å². The van der Waals surface area contributed by atoms with Crippen molar-refractivity contribution in [2.24, 2.45) is 5.73 Å². The molecule has 0 unspecified atom stereocenters. The molecule has 3 amide bonds. The maximum absolute atomic E-state index is 11.8. The summed E-state index contributed by atoms with van der Waals surface area (Å²) in [5, 5.41) is 15.8. The fourth-order valence-electron chi connectivity index (χ4n) is 2.49. The summed E-state index contributed by atoms with van der Waals surface area (Å²) in [5.74, 6) is -0.478. The highest BCUT2D eigenvalue weighted by Gasteiger charge is 2.31. The molecule has 1 heterocycles. The molecule has 0 bridgehead atoms. The number of aliphatic hydroxyl groups is 1. The van der Waals surface area contributed by atoms with Gasteiger partial charge in [-0.1, -0.05) is 12.1 Å². The molecule has 5 N–H and O–H groups in total. The Morgan fingerprint density at radius 3 is 2.39 bits per heavy atom. The van der Waals surface area contributed by atoms with Crippen molar-refractivity contribution < 1.29 is 14.7 Å². The smallest absolute Gasteiger partial charge is 0.315 e. The van der Waals surface area contributed by atoms with Gasteiger partial charge in [-0.15, -0.1) is 0 Å². The number of hydrogen-bond donors (Lipinski definition) is 4. The second-order valence-corrected chi connectivity index (χ2v) is 6.13. The van der Waals surface area contributed by atoms with Gasteiger partial charge in [0.05, 0.1) is 5.60 Å². The van der Waals surface area contributed by atoms with Crippen molar-refractivity contribution in [2.75, 3.05) is 26.7 Å². The van der Waals surface area contributed by atoms with Gasteiger partial charge >= 0.3 is 6.03 Å². The average molecular weight is 320 g/mol. The van der Waals surface area contributed by atoms with Gasteiger partial charge in [-0.05, 0) is 37.6 Å². The quantitative estimate of drug-likeness (QED) is 0.614. The van der Waals surface area contributed by atoms with Crippen LogP contribution in [0.3, 0.4) is 0 Å². The molecule has 0 atom stereocenters. The first-order valence-corrected chi connectivity index (χ1v) is 7.69. The lowest BCUT2D eigenvalue weighted by atomic mass is 9.92. The minimum atomic E-state index is -0.826. The van der Waals surface area contributed by atoms with Crippen LogP contribution in [0.15, 0.2) is 24.3 Å². The van der Waals surface area contributed by atoms with Gasteiger partial charge in [-0.2, -0.15) is 0 Å². The molecule has 0 spiro atoms. The number of benzene rings is 1. The molecular formula is C16H24N4O3. The molecule has 1 aromatic carbocycles. The maximum Gasteiger partial charge on any atom is 0.315 e. The minimum Gasteiger partial charge on any atom is -0.388 e. The Bertz CT molecular complexity index is 551. The zero-order valence-corrected chi connectivity index (χ0v) is 13.3. The number of nitrogens with zero attached hydrogens (tertiary/aromatic N) is 1. The molecule has 1 aliphatic rings. The van der Waals surface area contributed by atoms with Crippen LogP contribution in [0.1, 0.15) is 28.8 Å². The van der Waals surface area contributed by atoms with Crippen molar-refractivity contribution in [3.05, 3.63) is 35.4 Å². The Kier molecular flexibility index (Phi) is 5.57. The number of amides is 3. The number of likely N-dealkylation sites (tertiary alicyclic amines) is 1. The van der Waals surface area contributed by atoms with Gasteiger partial charge in [0.25, 0.3) is 0 Å². The van der Waals surface area contributed by atoms with E-state index in [1.807, 2.05) is 7.05 Å². The lowest BCUT2D eigenvalue weighted by Gasteiger charge is -2.36. The van der Waals surface area contributed by atoms with Crippen LogP contribution in [0, 0.1) is 0 Å². The molecule has 0 saturated carbocycles. The van der Waals surface area contributed by atoms with E-state index in [1.54, 1.807) is 24.3 Å². The van der Waals surface area contributed by atoms with Gasteiger partial charge in [0.1, 0.15) is 0 Å². The molecule has 1 aromatic rings. The number of nitrogens with one attached hydrogen (secondary N) is 2. The summed E-state index contributed by atoms with van der Waals surface area (Å²) in [7, 11) is 2.02. The number of carbonyl (C=O) groups is 2. The summed E-state index contributed by atoms with van der Waals surface area (Å²) < 4.78 is 0. The molecule has 2 rings (SSSR count). The normalized spacial score (nSPS) is 17.5. The number of carbonyl (C=O) groups excluding carboxylic acids is 2. The Balaban J connectivity index is 1.73. The van der Waals surface area contributed by atoms with Crippen LogP contribution in [-0.2, 0) is 6.54 Å². The lowest BCUT2D eigenvalue weighted by Crippen LogP contribution is -2.51. The minimum absolute atomic E-state index is 0.243. The van der Waals surface area contributed by atoms with Crippen LogP contribution in [0.25, 0.3) is 0 Å². The van der Waals surface area contributed by atoms with Crippen LogP contribution < -0.4 is 16.4 Å². The van der Waals surface area contributed by atoms with Crippen molar-refractivity contribution in [3.8, 4) is 0 Å². The third kappa shape index (κ3) is 5.22. The summed E-state index contributed by atoms with van der Waals surface area (Å²) in [6, 6.07) is 6.41. The first-order valence-electron chi connectivity index (χ1n) is 7.69. The van der Waals surface area contributed by atoms with E-state index in [1.165, 1.54) is 0 Å². The van der Waals surface area contributed by atoms with E-state index in [0.29, 0.717) is 24.9 Å². The van der Waals surface area contributed by atoms with E-state index in [2.05, 4.69) is 15.5 Å². The highest BCUT2D eigenvalue weighted by Crippen LogP contribution is 2.20.